The van der Waals surface area contributed by atoms with Crippen LogP contribution in [-0.2, 0) is 6.54 Å². The van der Waals surface area contributed by atoms with Gasteiger partial charge in [0.2, 0.25) is 0 Å². The van der Waals surface area contributed by atoms with Crippen LogP contribution in [0.1, 0.15) is 18.1 Å². The fourth-order valence-corrected chi connectivity index (χ4v) is 1.88. The van der Waals surface area contributed by atoms with E-state index in [-0.39, 0.29) is 11.9 Å². The third-order valence-electron chi connectivity index (χ3n) is 2.58. The van der Waals surface area contributed by atoms with Crippen molar-refractivity contribution in [3.05, 3.63) is 29.3 Å². The first-order chi connectivity index (χ1) is 8.43. The fraction of sp³-hybridized carbons (Fsp3) is 0.462. The fourth-order valence-electron chi connectivity index (χ4n) is 1.88. The smallest absolute Gasteiger partial charge is 0.130 e. The van der Waals surface area contributed by atoms with E-state index < -0.39 is 0 Å². The molecule has 0 aliphatic rings. The number of nitrogens with zero attached hydrogens (tertiary/aromatic N) is 1. The van der Waals surface area contributed by atoms with Crippen molar-refractivity contribution >= 4 is 5.84 Å². The number of ether oxygens (including phenoxy) is 1. The summed E-state index contributed by atoms with van der Waals surface area (Å²) >= 11 is 0. The monoisotopic (exact) mass is 251 g/mol. The molecule has 0 aliphatic heterocycles. The molecule has 0 saturated heterocycles. The van der Waals surface area contributed by atoms with Gasteiger partial charge < -0.3 is 15.6 Å². The van der Waals surface area contributed by atoms with Crippen LogP contribution in [0.2, 0.25) is 0 Å². The minimum atomic E-state index is -0.353. The van der Waals surface area contributed by atoms with Crippen LogP contribution in [0.5, 0.6) is 5.75 Å². The zero-order chi connectivity index (χ0) is 13.7. The van der Waals surface area contributed by atoms with Crippen LogP contribution < -0.4 is 10.5 Å². The van der Waals surface area contributed by atoms with E-state index in [4.69, 9.17) is 15.9 Å². The number of nitrogen functional groups attached to an aromatic ring is 1. The third kappa shape index (κ3) is 4.01. The number of methoxy groups -OCH3 is 1. The number of amidine groups is 1. The Morgan fingerprint density at radius 2 is 2.22 bits per heavy atom. The van der Waals surface area contributed by atoms with Gasteiger partial charge in [-0.15, -0.1) is 0 Å². The maximum atomic E-state index is 9.31. The number of nitrogens with one attached hydrogen (secondary N) is 1. The second-order valence-corrected chi connectivity index (χ2v) is 4.49. The Balaban J connectivity index is 2.82. The molecule has 0 radical (unpaired) electrons. The Labute approximate surface area is 108 Å². The van der Waals surface area contributed by atoms with Gasteiger partial charge in [-0.2, -0.15) is 0 Å². The van der Waals surface area contributed by atoms with Gasteiger partial charge in [0.05, 0.1) is 18.8 Å². The average Bonchev–Trinajstić information content (AvgIpc) is 2.27. The molecule has 0 spiro atoms. The van der Waals surface area contributed by atoms with Crippen molar-refractivity contribution in [3.63, 3.8) is 0 Å². The largest absolute Gasteiger partial charge is 0.496 e. The van der Waals surface area contributed by atoms with Gasteiger partial charge >= 0.3 is 0 Å². The molecule has 1 atom stereocenters. The quantitative estimate of drug-likeness (QED) is 0.515. The lowest BCUT2D eigenvalue weighted by molar-refractivity contribution is 0.138. The predicted octanol–water partition coefficient (Wildman–Crippen LogP) is 0.792. The molecule has 1 aromatic rings. The van der Waals surface area contributed by atoms with Gasteiger partial charge in [-0.05, 0) is 31.7 Å². The minimum Gasteiger partial charge on any atom is -0.496 e. The number of aliphatic hydroxyl groups is 1. The molecule has 1 rings (SSSR count). The number of aliphatic hydroxyl groups excluding tert-OH is 1. The first kappa shape index (κ1) is 14.5. The summed E-state index contributed by atoms with van der Waals surface area (Å²) in [5.74, 6) is 0.598. The van der Waals surface area contributed by atoms with E-state index in [0.717, 1.165) is 5.56 Å². The first-order valence-electron chi connectivity index (χ1n) is 5.82. The van der Waals surface area contributed by atoms with Crippen LogP contribution in [0.4, 0.5) is 0 Å². The van der Waals surface area contributed by atoms with Crippen molar-refractivity contribution in [3.8, 4) is 5.75 Å². The molecule has 5 nitrogen and oxygen atoms in total. The highest BCUT2D eigenvalue weighted by molar-refractivity contribution is 5.97. The summed E-state index contributed by atoms with van der Waals surface area (Å²) in [6.45, 7) is 3.08. The topological polar surface area (TPSA) is 82.6 Å². The van der Waals surface area contributed by atoms with E-state index >= 15 is 0 Å². The molecule has 0 aromatic heterocycles. The highest BCUT2D eigenvalue weighted by atomic mass is 16.5. The van der Waals surface area contributed by atoms with Crippen molar-refractivity contribution in [2.45, 2.75) is 19.6 Å². The van der Waals surface area contributed by atoms with E-state index in [2.05, 4.69) is 0 Å². The first-order valence-corrected chi connectivity index (χ1v) is 5.82. The molecule has 100 valence electrons. The van der Waals surface area contributed by atoms with E-state index in [1.54, 1.807) is 20.1 Å². The number of hydrogen-bond donors (Lipinski definition) is 3. The highest BCUT2D eigenvalue weighted by Gasteiger charge is 2.09. The molecule has 0 fully saturated rings. The van der Waals surface area contributed by atoms with Gasteiger partial charge in [0.25, 0.3) is 0 Å². The van der Waals surface area contributed by atoms with Gasteiger partial charge in [0.15, 0.2) is 0 Å². The Hall–Kier alpha value is -1.59. The van der Waals surface area contributed by atoms with Crippen LogP contribution in [0, 0.1) is 5.41 Å². The highest BCUT2D eigenvalue weighted by Crippen LogP contribution is 2.20. The predicted molar refractivity (Wildman–Crippen MR) is 72.0 cm³/mol. The summed E-state index contributed by atoms with van der Waals surface area (Å²) in [7, 11) is 3.50. The lowest BCUT2D eigenvalue weighted by Crippen LogP contribution is -2.26. The minimum absolute atomic E-state index is 0.00395. The van der Waals surface area contributed by atoms with Crippen molar-refractivity contribution in [2.75, 3.05) is 20.7 Å². The maximum absolute atomic E-state index is 9.31. The molecule has 0 amide bonds. The summed E-state index contributed by atoms with van der Waals surface area (Å²) in [5.41, 5.74) is 7.12. The molecule has 18 heavy (non-hydrogen) atoms. The number of rotatable bonds is 6. The van der Waals surface area contributed by atoms with E-state index in [9.17, 15) is 5.11 Å². The summed E-state index contributed by atoms with van der Waals surface area (Å²) in [4.78, 5) is 2.02. The number of benzene rings is 1. The van der Waals surface area contributed by atoms with E-state index in [1.807, 2.05) is 24.1 Å². The molecule has 5 heteroatoms. The van der Waals surface area contributed by atoms with Gasteiger partial charge in [0, 0.05) is 13.1 Å². The van der Waals surface area contributed by atoms with Crippen molar-refractivity contribution < 1.29 is 9.84 Å². The van der Waals surface area contributed by atoms with Crippen LogP contribution in [0.15, 0.2) is 18.2 Å². The molecular formula is C13H21N3O2. The summed E-state index contributed by atoms with van der Waals surface area (Å²) in [6, 6.07) is 5.57. The Bertz CT molecular complexity index is 419. The number of hydrogen-bond acceptors (Lipinski definition) is 4. The van der Waals surface area contributed by atoms with Gasteiger partial charge in [-0.25, -0.2) is 0 Å². The standard InChI is InChI=1S/C13H21N3O2/c1-9(17)7-16(2)8-10-4-5-11(13(14)15)12(6-10)18-3/h4-6,9,17H,7-8H2,1-3H3,(H3,14,15). The zero-order valence-electron chi connectivity index (χ0n) is 11.1. The molecule has 0 heterocycles. The normalized spacial score (nSPS) is 12.5. The summed E-state index contributed by atoms with van der Waals surface area (Å²) < 4.78 is 5.22. The lowest BCUT2D eigenvalue weighted by atomic mass is 10.1. The van der Waals surface area contributed by atoms with Crippen LogP contribution in [-0.4, -0.2) is 42.6 Å². The van der Waals surface area contributed by atoms with Gasteiger partial charge in [-0.3, -0.25) is 10.3 Å². The second-order valence-electron chi connectivity index (χ2n) is 4.49. The maximum Gasteiger partial charge on any atom is 0.130 e. The molecule has 0 saturated carbocycles. The third-order valence-corrected chi connectivity index (χ3v) is 2.58. The zero-order valence-corrected chi connectivity index (χ0v) is 11.1. The van der Waals surface area contributed by atoms with Gasteiger partial charge in [-0.1, -0.05) is 6.07 Å². The summed E-state index contributed by atoms with van der Waals surface area (Å²) in [5, 5.41) is 16.7. The van der Waals surface area contributed by atoms with Crippen LogP contribution >= 0.6 is 0 Å². The van der Waals surface area contributed by atoms with Crippen LogP contribution in [0.3, 0.4) is 0 Å². The van der Waals surface area contributed by atoms with Crippen molar-refractivity contribution in [1.82, 2.24) is 4.90 Å². The Morgan fingerprint density at radius 3 is 2.72 bits per heavy atom. The Morgan fingerprint density at radius 1 is 1.56 bits per heavy atom. The molecule has 0 bridgehead atoms. The SMILES string of the molecule is COc1cc(CN(C)CC(C)O)ccc1C(=N)N. The van der Waals surface area contributed by atoms with Crippen LogP contribution in [0.25, 0.3) is 0 Å². The van der Waals surface area contributed by atoms with Gasteiger partial charge in [0.1, 0.15) is 11.6 Å². The molecule has 4 N–H and O–H groups in total. The van der Waals surface area contributed by atoms with E-state index in [1.165, 1.54) is 0 Å². The molecular weight excluding hydrogens is 230 g/mol. The number of likely N-dealkylation sites (N-methyl/N-ethyl adjacent to an activating group) is 1. The second kappa shape index (κ2) is 6.37. The van der Waals surface area contributed by atoms with E-state index in [0.29, 0.717) is 24.4 Å². The average molecular weight is 251 g/mol. The molecule has 0 aliphatic carbocycles. The Kier molecular flexibility index (Phi) is 5.12. The van der Waals surface area contributed by atoms with Crippen molar-refractivity contribution in [2.24, 2.45) is 5.73 Å². The molecule has 1 aromatic carbocycles. The lowest BCUT2D eigenvalue weighted by Gasteiger charge is -2.19. The van der Waals surface area contributed by atoms with Crippen molar-refractivity contribution in [1.29, 1.82) is 5.41 Å². The number of nitrogens with two attached hydrogens (primary N) is 1. The summed E-state index contributed by atoms with van der Waals surface area (Å²) in [6.07, 6.45) is -0.353. The molecule has 1 unspecified atom stereocenters.